The number of hydrogen-bond donors (Lipinski definition) is 1. The van der Waals surface area contributed by atoms with Gasteiger partial charge in [-0.15, -0.1) is 0 Å². The SMILES string of the molecule is CCn1cc(Cn2cc(NC(=O)c3cccc(Cl)c3Cl)cn2)cn1. The zero-order valence-electron chi connectivity index (χ0n) is 12.9. The van der Waals surface area contributed by atoms with Gasteiger partial charge in [-0.05, 0) is 19.1 Å². The van der Waals surface area contributed by atoms with E-state index in [4.69, 9.17) is 23.2 Å². The summed E-state index contributed by atoms with van der Waals surface area (Å²) in [5.41, 5.74) is 1.94. The van der Waals surface area contributed by atoms with E-state index in [2.05, 4.69) is 15.5 Å². The Bertz CT molecular complexity index is 871. The quantitative estimate of drug-likeness (QED) is 0.751. The van der Waals surface area contributed by atoms with Gasteiger partial charge in [0.15, 0.2) is 0 Å². The molecule has 1 aromatic carbocycles. The van der Waals surface area contributed by atoms with Gasteiger partial charge in [0.1, 0.15) is 0 Å². The van der Waals surface area contributed by atoms with Crippen molar-refractivity contribution < 1.29 is 4.79 Å². The topological polar surface area (TPSA) is 64.7 Å². The molecule has 8 heteroatoms. The number of rotatable bonds is 5. The molecular formula is C16H15Cl2N5O. The second-order valence-electron chi connectivity index (χ2n) is 5.19. The van der Waals surface area contributed by atoms with Crippen LogP contribution in [0, 0.1) is 0 Å². The highest BCUT2D eigenvalue weighted by atomic mass is 35.5. The molecule has 24 heavy (non-hydrogen) atoms. The van der Waals surface area contributed by atoms with Crippen LogP contribution in [0.2, 0.25) is 10.0 Å². The molecule has 3 rings (SSSR count). The largest absolute Gasteiger partial charge is 0.319 e. The molecule has 0 radical (unpaired) electrons. The second-order valence-corrected chi connectivity index (χ2v) is 5.97. The van der Waals surface area contributed by atoms with Gasteiger partial charge in [-0.2, -0.15) is 10.2 Å². The van der Waals surface area contributed by atoms with E-state index in [1.54, 1.807) is 41.5 Å². The molecule has 0 saturated carbocycles. The smallest absolute Gasteiger partial charge is 0.257 e. The average molecular weight is 364 g/mol. The highest BCUT2D eigenvalue weighted by Crippen LogP contribution is 2.26. The average Bonchev–Trinajstić information content (AvgIpc) is 3.19. The molecule has 1 N–H and O–H groups in total. The molecule has 0 fully saturated rings. The summed E-state index contributed by atoms with van der Waals surface area (Å²) in [5, 5.41) is 11.8. The van der Waals surface area contributed by atoms with E-state index in [0.717, 1.165) is 12.1 Å². The predicted octanol–water partition coefficient (Wildman–Crippen LogP) is 3.71. The van der Waals surface area contributed by atoms with Gasteiger partial charge in [0, 0.05) is 24.5 Å². The van der Waals surface area contributed by atoms with Crippen LogP contribution in [0.3, 0.4) is 0 Å². The lowest BCUT2D eigenvalue weighted by Gasteiger charge is -2.05. The Hall–Kier alpha value is -2.31. The van der Waals surface area contributed by atoms with Crippen molar-refractivity contribution in [2.75, 3.05) is 5.32 Å². The van der Waals surface area contributed by atoms with Gasteiger partial charge >= 0.3 is 0 Å². The minimum atomic E-state index is -0.333. The van der Waals surface area contributed by atoms with Crippen LogP contribution in [-0.4, -0.2) is 25.5 Å². The fraction of sp³-hybridized carbons (Fsp3) is 0.188. The molecular weight excluding hydrogens is 349 g/mol. The molecule has 6 nitrogen and oxygen atoms in total. The first-order valence-electron chi connectivity index (χ1n) is 7.36. The van der Waals surface area contributed by atoms with Crippen LogP contribution in [0.4, 0.5) is 5.69 Å². The van der Waals surface area contributed by atoms with Crippen molar-refractivity contribution in [3.63, 3.8) is 0 Å². The maximum absolute atomic E-state index is 12.3. The number of carbonyl (C=O) groups excluding carboxylic acids is 1. The molecule has 0 bridgehead atoms. The van der Waals surface area contributed by atoms with Gasteiger partial charge in [0.05, 0.1) is 40.2 Å². The number of anilines is 1. The molecule has 1 amide bonds. The molecule has 0 aliphatic rings. The molecule has 0 spiro atoms. The van der Waals surface area contributed by atoms with Crippen molar-refractivity contribution in [3.8, 4) is 0 Å². The number of aromatic nitrogens is 4. The molecule has 0 unspecified atom stereocenters. The number of aryl methyl sites for hydroxylation is 1. The van der Waals surface area contributed by atoms with Crippen molar-refractivity contribution in [1.82, 2.24) is 19.6 Å². The highest BCUT2D eigenvalue weighted by Gasteiger charge is 2.13. The van der Waals surface area contributed by atoms with Crippen LogP contribution >= 0.6 is 23.2 Å². The zero-order chi connectivity index (χ0) is 17.1. The summed E-state index contributed by atoms with van der Waals surface area (Å²) in [4.78, 5) is 12.3. The molecule has 0 atom stereocenters. The lowest BCUT2D eigenvalue weighted by molar-refractivity contribution is 0.102. The van der Waals surface area contributed by atoms with E-state index in [1.807, 2.05) is 17.8 Å². The summed E-state index contributed by atoms with van der Waals surface area (Å²) >= 11 is 12.0. The minimum absolute atomic E-state index is 0.232. The first kappa shape index (κ1) is 16.5. The van der Waals surface area contributed by atoms with Crippen molar-refractivity contribution in [1.29, 1.82) is 0 Å². The van der Waals surface area contributed by atoms with Crippen LogP contribution in [0.15, 0.2) is 43.0 Å². The van der Waals surface area contributed by atoms with Gasteiger partial charge in [0.2, 0.25) is 0 Å². The first-order valence-corrected chi connectivity index (χ1v) is 8.11. The summed E-state index contributed by atoms with van der Waals surface area (Å²) in [6, 6.07) is 4.93. The van der Waals surface area contributed by atoms with Gasteiger partial charge < -0.3 is 5.32 Å². The fourth-order valence-electron chi connectivity index (χ4n) is 2.24. The molecule has 124 valence electrons. The monoisotopic (exact) mass is 363 g/mol. The Kier molecular flexibility index (Phi) is 4.87. The number of nitrogens with one attached hydrogen (secondary N) is 1. The number of nitrogens with zero attached hydrogens (tertiary/aromatic N) is 4. The van der Waals surface area contributed by atoms with Gasteiger partial charge in [-0.3, -0.25) is 14.2 Å². The lowest BCUT2D eigenvalue weighted by Crippen LogP contribution is -2.12. The molecule has 3 aromatic rings. The van der Waals surface area contributed by atoms with Gasteiger partial charge in [-0.1, -0.05) is 29.3 Å². The van der Waals surface area contributed by atoms with E-state index in [1.165, 1.54) is 0 Å². The van der Waals surface area contributed by atoms with Crippen molar-refractivity contribution in [2.24, 2.45) is 0 Å². The van der Waals surface area contributed by atoms with Crippen molar-refractivity contribution in [3.05, 3.63) is 64.2 Å². The number of hydrogen-bond acceptors (Lipinski definition) is 3. The molecule has 2 heterocycles. The Morgan fingerprint density at radius 1 is 1.17 bits per heavy atom. The second kappa shape index (κ2) is 7.07. The third-order valence-corrected chi connectivity index (χ3v) is 4.26. The van der Waals surface area contributed by atoms with Crippen LogP contribution in [-0.2, 0) is 13.1 Å². The van der Waals surface area contributed by atoms with E-state index in [0.29, 0.717) is 22.8 Å². The van der Waals surface area contributed by atoms with Crippen LogP contribution in [0.1, 0.15) is 22.8 Å². The summed E-state index contributed by atoms with van der Waals surface area (Å²) in [6.45, 7) is 3.42. The standard InChI is InChI=1S/C16H15Cl2N5O/c1-2-22-8-11(6-19-22)9-23-10-12(7-20-23)21-16(24)13-4-3-5-14(17)15(13)18/h3-8,10H,2,9H2,1H3,(H,21,24). The first-order chi connectivity index (χ1) is 11.6. The predicted molar refractivity (Wildman–Crippen MR) is 93.6 cm³/mol. The summed E-state index contributed by atoms with van der Waals surface area (Å²) in [7, 11) is 0. The van der Waals surface area contributed by atoms with Crippen molar-refractivity contribution in [2.45, 2.75) is 20.0 Å². The van der Waals surface area contributed by atoms with E-state index in [-0.39, 0.29) is 10.9 Å². The Balaban J connectivity index is 1.69. The number of benzene rings is 1. The van der Waals surface area contributed by atoms with E-state index in [9.17, 15) is 4.79 Å². The van der Waals surface area contributed by atoms with Gasteiger partial charge in [-0.25, -0.2) is 0 Å². The highest BCUT2D eigenvalue weighted by molar-refractivity contribution is 6.44. The summed E-state index contributed by atoms with van der Waals surface area (Å²) in [5.74, 6) is -0.333. The Morgan fingerprint density at radius 2 is 1.96 bits per heavy atom. The Labute approximate surface area is 149 Å². The Morgan fingerprint density at radius 3 is 2.71 bits per heavy atom. The third-order valence-electron chi connectivity index (χ3n) is 3.44. The number of halogens is 2. The molecule has 2 aromatic heterocycles. The fourth-order valence-corrected chi connectivity index (χ4v) is 2.63. The van der Waals surface area contributed by atoms with E-state index < -0.39 is 0 Å². The van der Waals surface area contributed by atoms with Gasteiger partial charge in [0.25, 0.3) is 5.91 Å². The summed E-state index contributed by atoms with van der Waals surface area (Å²) < 4.78 is 3.58. The molecule has 0 aliphatic heterocycles. The van der Waals surface area contributed by atoms with Crippen molar-refractivity contribution >= 4 is 34.8 Å². The van der Waals surface area contributed by atoms with E-state index >= 15 is 0 Å². The minimum Gasteiger partial charge on any atom is -0.319 e. The maximum atomic E-state index is 12.3. The third kappa shape index (κ3) is 3.60. The van der Waals surface area contributed by atoms with Crippen LogP contribution in [0.5, 0.6) is 0 Å². The lowest BCUT2D eigenvalue weighted by atomic mass is 10.2. The molecule has 0 aliphatic carbocycles. The normalized spacial score (nSPS) is 10.8. The maximum Gasteiger partial charge on any atom is 0.257 e. The summed E-state index contributed by atoms with van der Waals surface area (Å²) in [6.07, 6.45) is 7.10. The van der Waals surface area contributed by atoms with Crippen LogP contribution in [0.25, 0.3) is 0 Å². The zero-order valence-corrected chi connectivity index (χ0v) is 14.4. The number of carbonyl (C=O) groups is 1. The molecule has 0 saturated heterocycles. The number of amides is 1. The van der Waals surface area contributed by atoms with Crippen LogP contribution < -0.4 is 5.32 Å².